The molecule has 1 aliphatic rings. The lowest BCUT2D eigenvalue weighted by atomic mass is 9.87. The van der Waals surface area contributed by atoms with Gasteiger partial charge in [-0.15, -0.1) is 0 Å². The lowest BCUT2D eigenvalue weighted by Gasteiger charge is -2.29. The van der Waals surface area contributed by atoms with Gasteiger partial charge in [-0.2, -0.15) is 0 Å². The minimum Gasteiger partial charge on any atom is -0.309 e. The van der Waals surface area contributed by atoms with Crippen molar-refractivity contribution in [3.05, 3.63) is 95.0 Å². The molecule has 0 radical (unpaired) electrons. The predicted octanol–water partition coefficient (Wildman–Crippen LogP) is 8.00. The van der Waals surface area contributed by atoms with E-state index in [0.717, 1.165) is 10.9 Å². The third kappa shape index (κ3) is 2.80. The molecule has 3 heteroatoms. The summed E-state index contributed by atoms with van der Waals surface area (Å²) in [6.07, 6.45) is 5.35. The topological polar surface area (TPSA) is 4.93 Å². The first-order chi connectivity index (χ1) is 13.6. The number of nitrogens with zero attached hydrogens (tertiary/aromatic N) is 1. The molecule has 0 spiro atoms. The summed E-state index contributed by atoms with van der Waals surface area (Å²) in [7, 11) is 0. The largest absolute Gasteiger partial charge is 0.309 e. The van der Waals surface area contributed by atoms with Crippen LogP contribution in [-0.4, -0.2) is 8.89 Å². The van der Waals surface area contributed by atoms with Crippen molar-refractivity contribution in [2.75, 3.05) is 0 Å². The molecule has 0 bridgehead atoms. The molecule has 28 heavy (non-hydrogen) atoms. The quantitative estimate of drug-likeness (QED) is 0.250. The van der Waals surface area contributed by atoms with Gasteiger partial charge in [-0.05, 0) is 54.8 Å². The number of rotatable bonds is 2. The van der Waals surface area contributed by atoms with E-state index in [1.54, 1.807) is 0 Å². The van der Waals surface area contributed by atoms with Crippen molar-refractivity contribution in [1.82, 2.24) is 4.57 Å². The van der Waals surface area contributed by atoms with E-state index in [4.69, 9.17) is 0 Å². The predicted molar refractivity (Wildman–Crippen MR) is 128 cm³/mol. The fourth-order valence-electron chi connectivity index (χ4n) is 4.24. The van der Waals surface area contributed by atoms with E-state index < -0.39 is 0 Å². The average molecular weight is 493 g/mol. The highest BCUT2D eigenvalue weighted by Crippen LogP contribution is 2.45. The van der Waals surface area contributed by atoms with Gasteiger partial charge in [0.1, 0.15) is 0 Å². The Morgan fingerprint density at radius 3 is 2.36 bits per heavy atom. The minimum atomic E-state index is -0.0773. The van der Waals surface area contributed by atoms with Gasteiger partial charge in [-0.3, -0.25) is 0 Å². The fraction of sp³-hybridized carbons (Fsp3) is 0.120. The molecule has 0 saturated carbocycles. The maximum absolute atomic E-state index is 3.95. The second-order valence-corrected chi connectivity index (χ2v) is 10.1. The monoisotopic (exact) mass is 491 g/mol. The van der Waals surface area contributed by atoms with E-state index in [2.05, 4.69) is 128 Å². The molecule has 3 aromatic carbocycles. The number of alkyl halides is 1. The van der Waals surface area contributed by atoms with Gasteiger partial charge in [0.25, 0.3) is 0 Å². The van der Waals surface area contributed by atoms with E-state index in [1.807, 2.05) is 0 Å². The fourth-order valence-corrected chi connectivity index (χ4v) is 5.99. The highest BCUT2D eigenvalue weighted by molar-refractivity contribution is 9.12. The molecule has 1 nitrogen and oxygen atoms in total. The van der Waals surface area contributed by atoms with Crippen LogP contribution in [0.2, 0.25) is 0 Å². The molecule has 0 saturated heterocycles. The van der Waals surface area contributed by atoms with Crippen LogP contribution in [0, 0.1) is 0 Å². The van der Waals surface area contributed by atoms with Gasteiger partial charge in [-0.25, -0.2) is 0 Å². The van der Waals surface area contributed by atoms with Crippen LogP contribution in [0.15, 0.2) is 89.4 Å². The van der Waals surface area contributed by atoms with Crippen LogP contribution in [0.4, 0.5) is 0 Å². The highest BCUT2D eigenvalue weighted by atomic mass is 79.9. The maximum atomic E-state index is 3.95. The Morgan fingerprint density at radius 1 is 0.857 bits per heavy atom. The number of fused-ring (bicyclic) bond motifs is 3. The average Bonchev–Trinajstić information content (AvgIpc) is 3.02. The zero-order chi connectivity index (χ0) is 19.3. The van der Waals surface area contributed by atoms with Crippen molar-refractivity contribution in [2.45, 2.75) is 17.7 Å². The molecule has 1 heterocycles. The molecule has 1 aromatic heterocycles. The van der Waals surface area contributed by atoms with Crippen molar-refractivity contribution in [3.63, 3.8) is 0 Å². The third-order valence-corrected chi connectivity index (χ3v) is 6.88. The van der Waals surface area contributed by atoms with E-state index >= 15 is 0 Å². The first kappa shape index (κ1) is 18.0. The summed E-state index contributed by atoms with van der Waals surface area (Å²) >= 11 is 7.73. The molecule has 1 unspecified atom stereocenters. The van der Waals surface area contributed by atoms with E-state index in [9.17, 15) is 0 Å². The number of allylic oxidation sites excluding steroid dienone is 4. The van der Waals surface area contributed by atoms with E-state index in [-0.39, 0.29) is 4.32 Å². The van der Waals surface area contributed by atoms with Crippen LogP contribution < -0.4 is 0 Å². The maximum Gasteiger partial charge on any atom is 0.0541 e. The molecule has 1 aliphatic carbocycles. The smallest absolute Gasteiger partial charge is 0.0541 e. The van der Waals surface area contributed by atoms with Crippen LogP contribution in [0.3, 0.4) is 0 Å². The number of benzene rings is 3. The molecule has 5 rings (SSSR count). The van der Waals surface area contributed by atoms with Crippen molar-refractivity contribution in [1.29, 1.82) is 0 Å². The summed E-state index contributed by atoms with van der Waals surface area (Å²) in [5.74, 6) is 0. The second-order valence-electron chi connectivity index (χ2n) is 7.45. The van der Waals surface area contributed by atoms with Crippen LogP contribution in [-0.2, 0) is 0 Å². The Labute approximate surface area is 181 Å². The lowest BCUT2D eigenvalue weighted by Crippen LogP contribution is -2.20. The van der Waals surface area contributed by atoms with Crippen molar-refractivity contribution in [3.8, 4) is 5.69 Å². The van der Waals surface area contributed by atoms with Crippen LogP contribution in [0.25, 0.3) is 33.1 Å². The molecular formula is C25H19Br2N. The summed E-state index contributed by atoms with van der Waals surface area (Å²) in [5.41, 5.74) is 6.20. The van der Waals surface area contributed by atoms with Crippen LogP contribution in [0.5, 0.6) is 0 Å². The van der Waals surface area contributed by atoms with Gasteiger partial charge in [-0.1, -0.05) is 86.5 Å². The SMILES string of the molecule is CC1(Br)CC=CC(Br)=C1c1ccc2c(c1)c1ccccc1n2-c1ccccc1. The zero-order valence-corrected chi connectivity index (χ0v) is 18.7. The Balaban J connectivity index is 1.83. The highest BCUT2D eigenvalue weighted by Gasteiger charge is 2.30. The molecule has 0 aliphatic heterocycles. The first-order valence-corrected chi connectivity index (χ1v) is 11.0. The summed E-state index contributed by atoms with van der Waals surface area (Å²) in [6, 6.07) is 26.1. The number of halogens is 2. The van der Waals surface area contributed by atoms with Crippen molar-refractivity contribution in [2.24, 2.45) is 0 Å². The molecular weight excluding hydrogens is 474 g/mol. The summed E-state index contributed by atoms with van der Waals surface area (Å²) in [4.78, 5) is 0. The zero-order valence-electron chi connectivity index (χ0n) is 15.5. The van der Waals surface area contributed by atoms with Gasteiger partial charge < -0.3 is 4.57 Å². The number of hydrogen-bond donors (Lipinski definition) is 0. The van der Waals surface area contributed by atoms with Crippen LogP contribution in [0.1, 0.15) is 18.9 Å². The molecule has 4 aromatic rings. The van der Waals surface area contributed by atoms with E-state index in [0.29, 0.717) is 0 Å². The van der Waals surface area contributed by atoms with E-state index in [1.165, 1.54) is 38.6 Å². The number of aromatic nitrogens is 1. The Bertz CT molecular complexity index is 1260. The second kappa shape index (κ2) is 6.75. The van der Waals surface area contributed by atoms with Gasteiger partial charge in [0.2, 0.25) is 0 Å². The first-order valence-electron chi connectivity index (χ1n) is 9.41. The molecule has 0 fully saturated rings. The van der Waals surface area contributed by atoms with Gasteiger partial charge in [0, 0.05) is 20.9 Å². The Morgan fingerprint density at radius 2 is 1.57 bits per heavy atom. The molecule has 138 valence electrons. The summed E-state index contributed by atoms with van der Waals surface area (Å²) < 4.78 is 3.42. The number of hydrogen-bond acceptors (Lipinski definition) is 0. The summed E-state index contributed by atoms with van der Waals surface area (Å²) in [6.45, 7) is 2.24. The third-order valence-electron chi connectivity index (χ3n) is 5.50. The van der Waals surface area contributed by atoms with Crippen molar-refractivity contribution < 1.29 is 0 Å². The van der Waals surface area contributed by atoms with Gasteiger partial charge in [0.05, 0.1) is 15.4 Å². The molecule has 1 atom stereocenters. The Kier molecular flexibility index (Phi) is 4.33. The van der Waals surface area contributed by atoms with Gasteiger partial charge in [0.15, 0.2) is 0 Å². The molecule has 0 amide bonds. The summed E-state index contributed by atoms with van der Waals surface area (Å²) in [5, 5.41) is 2.56. The lowest BCUT2D eigenvalue weighted by molar-refractivity contribution is 0.835. The number of para-hydroxylation sites is 2. The van der Waals surface area contributed by atoms with Crippen molar-refractivity contribution >= 4 is 59.2 Å². The normalized spacial score (nSPS) is 19.7. The standard InChI is InChI=1S/C25H19Br2N/c1-25(27)15-7-11-21(26)24(25)17-13-14-23-20(16-17)19-10-5-6-12-22(19)28(23)18-8-3-2-4-9-18/h2-14,16H,15H2,1H3. The Hall–Kier alpha value is -2.10. The van der Waals surface area contributed by atoms with Gasteiger partial charge >= 0.3 is 0 Å². The minimum absolute atomic E-state index is 0.0773. The van der Waals surface area contributed by atoms with Crippen LogP contribution >= 0.6 is 31.9 Å². The molecule has 0 N–H and O–H groups in total.